The average molecular weight is 326 g/mol. The molecular formula is C12H12ClN5O2S. The number of imide groups is 1. The summed E-state index contributed by atoms with van der Waals surface area (Å²) >= 11 is 7.12. The predicted octanol–water partition coefficient (Wildman–Crippen LogP) is 1.64. The Balaban J connectivity index is 1.75. The maximum atomic E-state index is 12.2. The maximum Gasteiger partial charge on any atom is 0.324 e. The van der Waals surface area contributed by atoms with E-state index in [1.807, 2.05) is 0 Å². The predicted molar refractivity (Wildman–Crippen MR) is 79.3 cm³/mol. The van der Waals surface area contributed by atoms with Crippen LogP contribution in [0.5, 0.6) is 0 Å². The van der Waals surface area contributed by atoms with Gasteiger partial charge in [-0.15, -0.1) is 0 Å². The van der Waals surface area contributed by atoms with Gasteiger partial charge in [-0.1, -0.05) is 23.4 Å². The molecule has 3 heterocycles. The fraction of sp³-hybridized carbons (Fsp3) is 0.333. The number of nitrogens with one attached hydrogen (secondary N) is 2. The third-order valence-electron chi connectivity index (χ3n) is 3.04. The summed E-state index contributed by atoms with van der Waals surface area (Å²) in [7, 11) is 0. The Morgan fingerprint density at radius 3 is 3.10 bits per heavy atom. The van der Waals surface area contributed by atoms with E-state index in [0.717, 1.165) is 0 Å². The lowest BCUT2D eigenvalue weighted by atomic mass is 10.4. The van der Waals surface area contributed by atoms with E-state index in [0.29, 0.717) is 34.4 Å². The van der Waals surface area contributed by atoms with E-state index in [9.17, 15) is 9.59 Å². The van der Waals surface area contributed by atoms with Crippen LogP contribution in [0.2, 0.25) is 5.02 Å². The number of aromatic nitrogens is 3. The van der Waals surface area contributed by atoms with Crippen molar-refractivity contribution in [2.75, 3.05) is 13.1 Å². The number of pyridine rings is 1. The lowest BCUT2D eigenvalue weighted by Gasteiger charge is -2.16. The largest absolute Gasteiger partial charge is 0.336 e. The number of rotatable bonds is 3. The summed E-state index contributed by atoms with van der Waals surface area (Å²) in [6.07, 6.45) is 1.52. The van der Waals surface area contributed by atoms with E-state index < -0.39 is 5.25 Å². The zero-order chi connectivity index (χ0) is 15.0. The van der Waals surface area contributed by atoms with Crippen molar-refractivity contribution < 1.29 is 9.59 Å². The summed E-state index contributed by atoms with van der Waals surface area (Å²) in [4.78, 5) is 36.3. The van der Waals surface area contributed by atoms with Crippen LogP contribution in [0, 0.1) is 0 Å². The molecule has 2 N–H and O–H groups in total. The molecule has 0 spiro atoms. The van der Waals surface area contributed by atoms with Gasteiger partial charge in [-0.3, -0.25) is 9.69 Å². The zero-order valence-corrected chi connectivity index (χ0v) is 12.7. The van der Waals surface area contributed by atoms with Crippen molar-refractivity contribution >= 4 is 46.5 Å². The maximum absolute atomic E-state index is 12.2. The summed E-state index contributed by atoms with van der Waals surface area (Å²) in [5.41, 5.74) is 1.25. The molecule has 2 aromatic heterocycles. The third-order valence-corrected chi connectivity index (χ3v) is 4.22. The molecule has 1 saturated heterocycles. The molecule has 0 unspecified atom stereocenters. The number of carbonyl (C=O) groups excluding carboxylic acids is 2. The van der Waals surface area contributed by atoms with Crippen molar-refractivity contribution in [1.82, 2.24) is 25.2 Å². The second-order valence-corrected chi connectivity index (χ2v) is 6.31. The van der Waals surface area contributed by atoms with E-state index in [1.54, 1.807) is 13.0 Å². The van der Waals surface area contributed by atoms with Crippen LogP contribution in [0.15, 0.2) is 17.4 Å². The lowest BCUT2D eigenvalue weighted by molar-refractivity contribution is -0.126. The normalized spacial score (nSPS) is 16.3. The van der Waals surface area contributed by atoms with Crippen molar-refractivity contribution in [1.29, 1.82) is 0 Å². The highest BCUT2D eigenvalue weighted by atomic mass is 35.5. The van der Waals surface area contributed by atoms with Crippen LogP contribution in [-0.4, -0.2) is 50.1 Å². The van der Waals surface area contributed by atoms with Crippen molar-refractivity contribution in [2.24, 2.45) is 0 Å². The molecule has 0 radical (unpaired) electrons. The lowest BCUT2D eigenvalue weighted by Crippen LogP contribution is -2.38. The average Bonchev–Trinajstić information content (AvgIpc) is 3.03. The number of aromatic amines is 1. The summed E-state index contributed by atoms with van der Waals surface area (Å²) in [6.45, 7) is 2.64. The molecule has 7 nitrogen and oxygen atoms in total. The Morgan fingerprint density at radius 1 is 1.57 bits per heavy atom. The Morgan fingerprint density at radius 2 is 2.38 bits per heavy atom. The summed E-state index contributed by atoms with van der Waals surface area (Å²) in [5, 5.41) is 3.26. The molecule has 21 heavy (non-hydrogen) atoms. The molecule has 1 aliphatic rings. The molecule has 3 rings (SSSR count). The quantitative estimate of drug-likeness (QED) is 0.837. The molecule has 1 aliphatic heterocycles. The van der Waals surface area contributed by atoms with Gasteiger partial charge < -0.3 is 10.3 Å². The first-order chi connectivity index (χ1) is 10.0. The van der Waals surface area contributed by atoms with Gasteiger partial charge in [0.25, 0.3) is 0 Å². The second kappa shape index (κ2) is 5.53. The number of fused-ring (bicyclic) bond motifs is 1. The number of nitrogens with zero attached hydrogens (tertiary/aromatic N) is 3. The van der Waals surface area contributed by atoms with Gasteiger partial charge in [-0.05, 0) is 13.0 Å². The molecule has 0 aromatic carbocycles. The van der Waals surface area contributed by atoms with Gasteiger partial charge in [0.2, 0.25) is 5.91 Å². The van der Waals surface area contributed by atoms with Crippen LogP contribution in [0.4, 0.5) is 4.79 Å². The number of urea groups is 1. The molecule has 0 saturated carbocycles. The first-order valence-electron chi connectivity index (χ1n) is 6.32. The SMILES string of the molecule is C[C@H](Sc1nc2ncc(Cl)cc2[nH]1)C(=O)N1CCNC1=O. The van der Waals surface area contributed by atoms with E-state index in [-0.39, 0.29) is 11.9 Å². The smallest absolute Gasteiger partial charge is 0.324 e. The van der Waals surface area contributed by atoms with Gasteiger partial charge in [-0.25, -0.2) is 14.8 Å². The van der Waals surface area contributed by atoms with Crippen LogP contribution in [0.1, 0.15) is 6.92 Å². The highest BCUT2D eigenvalue weighted by Crippen LogP contribution is 2.25. The molecule has 0 aliphatic carbocycles. The molecule has 3 amide bonds. The fourth-order valence-corrected chi connectivity index (χ4v) is 3.06. The monoisotopic (exact) mass is 325 g/mol. The highest BCUT2D eigenvalue weighted by Gasteiger charge is 2.30. The minimum absolute atomic E-state index is 0.235. The van der Waals surface area contributed by atoms with Crippen molar-refractivity contribution in [3.05, 3.63) is 17.3 Å². The molecule has 1 atom stereocenters. The van der Waals surface area contributed by atoms with Gasteiger partial charge in [-0.2, -0.15) is 0 Å². The van der Waals surface area contributed by atoms with E-state index in [2.05, 4.69) is 20.3 Å². The molecular weight excluding hydrogens is 314 g/mol. The molecule has 9 heteroatoms. The minimum atomic E-state index is -0.426. The minimum Gasteiger partial charge on any atom is -0.336 e. The number of H-pyrrole nitrogens is 1. The van der Waals surface area contributed by atoms with Crippen LogP contribution in [0.25, 0.3) is 11.2 Å². The van der Waals surface area contributed by atoms with Crippen molar-refractivity contribution in [3.63, 3.8) is 0 Å². The van der Waals surface area contributed by atoms with Crippen LogP contribution < -0.4 is 5.32 Å². The third kappa shape index (κ3) is 2.81. The summed E-state index contributed by atoms with van der Waals surface area (Å²) in [6, 6.07) is 1.38. The van der Waals surface area contributed by atoms with E-state index in [4.69, 9.17) is 11.6 Å². The van der Waals surface area contributed by atoms with Crippen molar-refractivity contribution in [2.45, 2.75) is 17.3 Å². The molecule has 110 valence electrons. The number of amides is 3. The van der Waals surface area contributed by atoms with Crippen LogP contribution >= 0.6 is 23.4 Å². The number of carbonyl (C=O) groups is 2. The van der Waals surface area contributed by atoms with Gasteiger partial charge in [0.15, 0.2) is 10.8 Å². The summed E-state index contributed by atoms with van der Waals surface area (Å²) < 4.78 is 0. The van der Waals surface area contributed by atoms with E-state index in [1.165, 1.54) is 22.9 Å². The number of imidazole rings is 1. The van der Waals surface area contributed by atoms with Crippen molar-refractivity contribution in [3.8, 4) is 0 Å². The standard InChI is InChI=1S/C12H12ClN5O2S/c1-6(10(19)18-3-2-14-12(18)20)21-11-16-8-4-7(13)5-15-9(8)17-11/h4-6H,2-3H2,1H3,(H,14,20)(H,15,16,17)/t6-/m0/s1. The van der Waals surface area contributed by atoms with Crippen LogP contribution in [0.3, 0.4) is 0 Å². The Labute approximate surface area is 129 Å². The van der Waals surface area contributed by atoms with E-state index >= 15 is 0 Å². The topological polar surface area (TPSA) is 91.0 Å². The highest BCUT2D eigenvalue weighted by molar-refractivity contribution is 8.00. The molecule has 2 aromatic rings. The first-order valence-corrected chi connectivity index (χ1v) is 7.57. The van der Waals surface area contributed by atoms with Gasteiger partial charge in [0, 0.05) is 19.3 Å². The van der Waals surface area contributed by atoms with Gasteiger partial charge in [0.05, 0.1) is 15.8 Å². The Bertz CT molecular complexity index is 719. The first kappa shape index (κ1) is 14.2. The van der Waals surface area contributed by atoms with Gasteiger partial charge >= 0.3 is 6.03 Å². The van der Waals surface area contributed by atoms with Crippen LogP contribution in [-0.2, 0) is 4.79 Å². The molecule has 0 bridgehead atoms. The number of hydrogen-bond donors (Lipinski definition) is 2. The molecule has 1 fully saturated rings. The number of thioether (sulfide) groups is 1. The summed E-state index contributed by atoms with van der Waals surface area (Å²) in [5.74, 6) is -0.235. The number of halogens is 1. The second-order valence-electron chi connectivity index (χ2n) is 4.55. The zero-order valence-electron chi connectivity index (χ0n) is 11.1. The van der Waals surface area contributed by atoms with Gasteiger partial charge in [0.1, 0.15) is 0 Å². The Kier molecular flexibility index (Phi) is 3.73. The Hall–Kier alpha value is -1.80. The fourth-order valence-electron chi connectivity index (χ4n) is 2.03. The number of hydrogen-bond acceptors (Lipinski definition) is 5.